The van der Waals surface area contributed by atoms with Gasteiger partial charge in [0.15, 0.2) is 12.6 Å². The molecule has 0 spiro atoms. The van der Waals surface area contributed by atoms with Crippen molar-refractivity contribution in [2.45, 2.75) is 13.8 Å². The van der Waals surface area contributed by atoms with Crippen molar-refractivity contribution < 1.29 is 34.0 Å². The van der Waals surface area contributed by atoms with E-state index in [1.807, 2.05) is 13.0 Å². The standard InChI is InChI=1S/C14H10ClFO2.C8H7FO.C6H4ClFO.H2/c1-9-3-2-4-13(11(9)8-17)18-14-6-5-10(16)7-12(14)15;1-6-3-2-4-8(9)7(6)5-10;7-5-3-4(8)1-2-6(5)9;/h2-8H,1H3;2-5H,1H3;1-3,9H;1H. The van der Waals surface area contributed by atoms with E-state index in [-0.39, 0.29) is 22.8 Å². The van der Waals surface area contributed by atoms with E-state index in [0.29, 0.717) is 28.9 Å². The number of phenols is 1. The molecule has 4 aromatic carbocycles. The minimum Gasteiger partial charge on any atom is -0.506 e. The molecule has 0 heterocycles. The lowest BCUT2D eigenvalue weighted by molar-refractivity contribution is 0.111. The zero-order valence-corrected chi connectivity index (χ0v) is 21.2. The first-order chi connectivity index (χ1) is 17.6. The minimum atomic E-state index is -0.449. The molecule has 0 aliphatic carbocycles. The van der Waals surface area contributed by atoms with Gasteiger partial charge in [0.2, 0.25) is 0 Å². The van der Waals surface area contributed by atoms with Gasteiger partial charge in [-0.3, -0.25) is 9.59 Å². The number of phenolic OH excluding ortho intramolecular Hbond substituents is 1. The molecule has 4 nitrogen and oxygen atoms in total. The van der Waals surface area contributed by atoms with E-state index in [9.17, 15) is 22.8 Å². The first-order valence-electron chi connectivity index (χ1n) is 10.6. The van der Waals surface area contributed by atoms with E-state index >= 15 is 0 Å². The van der Waals surface area contributed by atoms with E-state index < -0.39 is 17.5 Å². The third-order valence-corrected chi connectivity index (χ3v) is 5.41. The van der Waals surface area contributed by atoms with Crippen LogP contribution in [-0.2, 0) is 0 Å². The van der Waals surface area contributed by atoms with Crippen LogP contribution in [-0.4, -0.2) is 17.7 Å². The maximum atomic E-state index is 12.9. The number of halogens is 5. The van der Waals surface area contributed by atoms with E-state index in [1.54, 1.807) is 31.2 Å². The highest BCUT2D eigenvalue weighted by molar-refractivity contribution is 6.32. The first-order valence-corrected chi connectivity index (χ1v) is 11.3. The van der Waals surface area contributed by atoms with E-state index in [4.69, 9.17) is 33.0 Å². The number of benzene rings is 4. The van der Waals surface area contributed by atoms with Crippen molar-refractivity contribution in [1.82, 2.24) is 0 Å². The van der Waals surface area contributed by atoms with E-state index in [1.165, 1.54) is 24.3 Å². The molecule has 4 rings (SSSR count). The molecule has 1 N–H and O–H groups in total. The molecule has 0 aliphatic heterocycles. The number of aryl methyl sites for hydroxylation is 2. The van der Waals surface area contributed by atoms with E-state index in [0.717, 1.165) is 30.0 Å². The second-order valence-electron chi connectivity index (χ2n) is 7.47. The molecule has 0 atom stereocenters. The molecule has 194 valence electrons. The highest BCUT2D eigenvalue weighted by Gasteiger charge is 2.09. The average Bonchev–Trinajstić information content (AvgIpc) is 2.84. The first kappa shape index (κ1) is 29.4. The second-order valence-corrected chi connectivity index (χ2v) is 8.28. The molecule has 0 saturated heterocycles. The molecule has 0 fully saturated rings. The summed E-state index contributed by atoms with van der Waals surface area (Å²) < 4.78 is 43.2. The number of rotatable bonds is 4. The molecule has 0 aliphatic rings. The van der Waals surface area contributed by atoms with Crippen molar-refractivity contribution in [3.63, 3.8) is 0 Å². The predicted molar refractivity (Wildman–Crippen MR) is 140 cm³/mol. The van der Waals surface area contributed by atoms with Crippen molar-refractivity contribution in [1.29, 1.82) is 0 Å². The molecule has 37 heavy (non-hydrogen) atoms. The zero-order chi connectivity index (χ0) is 27.5. The topological polar surface area (TPSA) is 63.6 Å². The van der Waals surface area contributed by atoms with Crippen molar-refractivity contribution in [3.05, 3.63) is 123 Å². The molecule has 0 aromatic heterocycles. The molecule has 0 radical (unpaired) electrons. The number of ether oxygens (including phenoxy) is 1. The quantitative estimate of drug-likeness (QED) is 0.258. The third-order valence-electron chi connectivity index (χ3n) is 4.81. The number of carbonyl (C=O) groups is 2. The van der Waals surface area contributed by atoms with E-state index in [2.05, 4.69) is 0 Å². The highest BCUT2D eigenvalue weighted by Crippen LogP contribution is 2.32. The summed E-state index contributed by atoms with van der Waals surface area (Å²) in [6, 6.07) is 17.0. The van der Waals surface area contributed by atoms with Gasteiger partial charge in [-0.25, -0.2) is 13.2 Å². The monoisotopic (exact) mass is 550 g/mol. The Hall–Kier alpha value is -3.81. The Bertz CT molecular complexity index is 1380. The van der Waals surface area contributed by atoms with Crippen LogP contribution < -0.4 is 4.74 Å². The number of aromatic hydroxyl groups is 1. The van der Waals surface area contributed by atoms with Crippen LogP contribution in [0.25, 0.3) is 0 Å². The average molecular weight is 551 g/mol. The molecular weight excluding hydrogens is 528 g/mol. The SMILES string of the molecule is Cc1cccc(F)c1C=O.Cc1cccc(Oc2ccc(F)cc2Cl)c1C=O.Oc1ccc(F)cc1Cl.[HH]. The van der Waals surface area contributed by atoms with Gasteiger partial charge >= 0.3 is 0 Å². The number of carbonyl (C=O) groups excluding carboxylic acids is 2. The van der Waals surface area contributed by atoms with Crippen molar-refractivity contribution in [2.24, 2.45) is 0 Å². The van der Waals surface area contributed by atoms with Gasteiger partial charge in [0.25, 0.3) is 0 Å². The number of hydrogen-bond acceptors (Lipinski definition) is 4. The van der Waals surface area contributed by atoms with Gasteiger partial charge in [-0.2, -0.15) is 0 Å². The highest BCUT2D eigenvalue weighted by atomic mass is 35.5. The third kappa shape index (κ3) is 8.66. The summed E-state index contributed by atoms with van der Waals surface area (Å²) >= 11 is 11.2. The van der Waals surface area contributed by atoms with Crippen LogP contribution >= 0.6 is 23.2 Å². The Kier molecular flexibility index (Phi) is 11.2. The molecule has 9 heteroatoms. The largest absolute Gasteiger partial charge is 0.506 e. The van der Waals surface area contributed by atoms with Gasteiger partial charge in [-0.1, -0.05) is 47.5 Å². The summed E-state index contributed by atoms with van der Waals surface area (Å²) in [6.07, 6.45) is 1.26. The molecule has 0 unspecified atom stereocenters. The lowest BCUT2D eigenvalue weighted by Crippen LogP contribution is -1.94. The van der Waals surface area contributed by atoms with Gasteiger partial charge in [-0.15, -0.1) is 0 Å². The van der Waals surface area contributed by atoms with Gasteiger partial charge in [0, 0.05) is 1.43 Å². The fourth-order valence-electron chi connectivity index (χ4n) is 2.85. The maximum absolute atomic E-state index is 12.9. The number of hydrogen-bond donors (Lipinski definition) is 1. The molecule has 0 amide bonds. The summed E-state index contributed by atoms with van der Waals surface area (Å²) in [7, 11) is 0. The Morgan fingerprint density at radius 2 is 1.27 bits per heavy atom. The lowest BCUT2D eigenvalue weighted by Gasteiger charge is -2.10. The summed E-state index contributed by atoms with van der Waals surface area (Å²) in [5, 5.41) is 8.94. The second kappa shape index (κ2) is 14.1. The smallest absolute Gasteiger partial charge is 0.154 e. The fourth-order valence-corrected chi connectivity index (χ4v) is 3.22. The predicted octanol–water partition coefficient (Wildman–Crippen LogP) is 8.77. The maximum Gasteiger partial charge on any atom is 0.154 e. The van der Waals surface area contributed by atoms with Crippen molar-refractivity contribution in [3.8, 4) is 17.2 Å². The van der Waals surface area contributed by atoms with Gasteiger partial charge in [0.05, 0.1) is 21.2 Å². The van der Waals surface area contributed by atoms with Crippen LogP contribution in [0, 0.1) is 31.3 Å². The fraction of sp³-hybridized carbons (Fsp3) is 0.0714. The van der Waals surface area contributed by atoms with Crippen molar-refractivity contribution >= 4 is 35.8 Å². The summed E-state index contributed by atoms with van der Waals surface area (Å²) in [5.41, 5.74) is 2.09. The minimum absolute atomic E-state index is 0. The number of aldehydes is 2. The van der Waals surface area contributed by atoms with Gasteiger partial charge in [0.1, 0.15) is 34.7 Å². The van der Waals surface area contributed by atoms with Crippen LogP contribution in [0.2, 0.25) is 10.0 Å². The van der Waals surface area contributed by atoms with Gasteiger partial charge in [-0.05, 0) is 73.5 Å². The van der Waals surface area contributed by atoms with Crippen LogP contribution in [0.15, 0.2) is 72.8 Å². The van der Waals surface area contributed by atoms with Crippen LogP contribution in [0.3, 0.4) is 0 Å². The molecule has 4 aromatic rings. The molecule has 0 saturated carbocycles. The Labute approximate surface area is 223 Å². The Morgan fingerprint density at radius 1 is 0.730 bits per heavy atom. The van der Waals surface area contributed by atoms with Crippen LogP contribution in [0.1, 0.15) is 33.3 Å². The molecular formula is C28H23Cl2F3O4. The lowest BCUT2D eigenvalue weighted by atomic mass is 10.1. The van der Waals surface area contributed by atoms with Crippen molar-refractivity contribution in [2.75, 3.05) is 0 Å². The summed E-state index contributed by atoms with van der Waals surface area (Å²) in [6.45, 7) is 3.51. The molecule has 0 bridgehead atoms. The summed E-state index contributed by atoms with van der Waals surface area (Å²) in [4.78, 5) is 21.2. The Morgan fingerprint density at radius 3 is 1.76 bits per heavy atom. The zero-order valence-electron chi connectivity index (χ0n) is 19.6. The Balaban J connectivity index is 0.000000307. The van der Waals surface area contributed by atoms with Crippen LogP contribution in [0.5, 0.6) is 17.2 Å². The van der Waals surface area contributed by atoms with Crippen LogP contribution in [0.4, 0.5) is 13.2 Å². The van der Waals surface area contributed by atoms with Gasteiger partial charge < -0.3 is 9.84 Å². The summed E-state index contributed by atoms with van der Waals surface area (Å²) in [5.74, 6) is -0.719. The normalized spacial score (nSPS) is 9.81.